The van der Waals surface area contributed by atoms with Gasteiger partial charge in [-0.1, -0.05) is 13.3 Å². The summed E-state index contributed by atoms with van der Waals surface area (Å²) in [6, 6.07) is 0. The molecule has 3 atom stereocenters. The second-order valence-corrected chi connectivity index (χ2v) is 7.54. The second-order valence-electron chi connectivity index (χ2n) is 6.56. The molecule has 1 aromatic rings. The van der Waals surface area contributed by atoms with Crippen LogP contribution in [0.2, 0.25) is 0 Å². The Morgan fingerprint density at radius 2 is 2.15 bits per heavy atom. The molecule has 0 spiro atoms. The highest BCUT2D eigenvalue weighted by molar-refractivity contribution is 7.98. The second kappa shape index (κ2) is 5.21. The van der Waals surface area contributed by atoms with Crippen LogP contribution in [0.5, 0.6) is 0 Å². The van der Waals surface area contributed by atoms with Crippen LogP contribution in [0.25, 0.3) is 0 Å². The Hall–Kier alpha value is -0.770. The number of anilines is 1. The van der Waals surface area contributed by atoms with Crippen LogP contribution >= 0.6 is 11.8 Å². The summed E-state index contributed by atoms with van der Waals surface area (Å²) in [5.41, 5.74) is 2.68. The molecule has 0 aromatic carbocycles. The maximum absolute atomic E-state index is 4.95. The van der Waals surface area contributed by atoms with Crippen molar-refractivity contribution < 1.29 is 0 Å². The molecule has 4 heteroatoms. The summed E-state index contributed by atoms with van der Waals surface area (Å²) in [5, 5.41) is 3.54. The van der Waals surface area contributed by atoms with Crippen molar-refractivity contribution in [1.82, 2.24) is 9.97 Å². The van der Waals surface area contributed by atoms with Crippen LogP contribution in [0.1, 0.15) is 62.0 Å². The molecule has 3 unspecified atom stereocenters. The fraction of sp³-hybridized carbons (Fsp3) is 0.750. The molecule has 2 saturated carbocycles. The van der Waals surface area contributed by atoms with E-state index in [-0.39, 0.29) is 0 Å². The van der Waals surface area contributed by atoms with E-state index in [0.29, 0.717) is 5.92 Å². The van der Waals surface area contributed by atoms with Crippen molar-refractivity contribution in [1.29, 1.82) is 0 Å². The highest BCUT2D eigenvalue weighted by atomic mass is 32.2. The summed E-state index contributed by atoms with van der Waals surface area (Å²) < 4.78 is 0. The van der Waals surface area contributed by atoms with Crippen LogP contribution < -0.4 is 5.32 Å². The number of rotatable bonds is 4. The Morgan fingerprint density at radius 1 is 1.20 bits per heavy atom. The SMILES string of the molecule is CCCNc1nc(C2CC3CCC2C3)nc2c1CSC2. The topological polar surface area (TPSA) is 37.8 Å². The van der Waals surface area contributed by atoms with E-state index in [1.165, 1.54) is 36.9 Å². The minimum Gasteiger partial charge on any atom is -0.370 e. The van der Waals surface area contributed by atoms with Gasteiger partial charge in [0, 0.05) is 29.5 Å². The molecular weight excluding hydrogens is 266 g/mol. The summed E-state index contributed by atoms with van der Waals surface area (Å²) >= 11 is 1.97. The van der Waals surface area contributed by atoms with Crippen molar-refractivity contribution in [2.45, 2.75) is 56.5 Å². The van der Waals surface area contributed by atoms with Gasteiger partial charge in [0.25, 0.3) is 0 Å². The third kappa shape index (κ3) is 2.12. The number of nitrogens with one attached hydrogen (secondary N) is 1. The largest absolute Gasteiger partial charge is 0.370 e. The highest BCUT2D eigenvalue weighted by Gasteiger charge is 2.42. The zero-order valence-corrected chi connectivity index (χ0v) is 13.0. The zero-order valence-electron chi connectivity index (χ0n) is 12.2. The Morgan fingerprint density at radius 3 is 2.90 bits per heavy atom. The van der Waals surface area contributed by atoms with Gasteiger partial charge in [-0.05, 0) is 37.5 Å². The summed E-state index contributed by atoms with van der Waals surface area (Å²) in [7, 11) is 0. The Balaban J connectivity index is 1.66. The number of hydrogen-bond acceptors (Lipinski definition) is 4. The summed E-state index contributed by atoms with van der Waals surface area (Å²) in [5.74, 6) is 6.92. The first kappa shape index (κ1) is 12.9. The maximum atomic E-state index is 4.95. The van der Waals surface area contributed by atoms with E-state index in [2.05, 4.69) is 12.2 Å². The van der Waals surface area contributed by atoms with Crippen molar-refractivity contribution in [3.8, 4) is 0 Å². The zero-order chi connectivity index (χ0) is 13.5. The highest BCUT2D eigenvalue weighted by Crippen LogP contribution is 2.52. The van der Waals surface area contributed by atoms with Crippen LogP contribution in [0.15, 0.2) is 0 Å². The fourth-order valence-corrected chi connectivity index (χ4v) is 5.23. The van der Waals surface area contributed by atoms with E-state index in [1.54, 1.807) is 0 Å². The molecule has 1 aliphatic heterocycles. The lowest BCUT2D eigenvalue weighted by atomic mass is 9.88. The predicted molar refractivity (Wildman–Crippen MR) is 84.0 cm³/mol. The van der Waals surface area contributed by atoms with Gasteiger partial charge < -0.3 is 5.32 Å². The molecule has 0 amide bonds. The Bertz CT molecular complexity index is 517. The summed E-state index contributed by atoms with van der Waals surface area (Å²) in [4.78, 5) is 9.90. The van der Waals surface area contributed by atoms with Crippen molar-refractivity contribution in [2.24, 2.45) is 11.8 Å². The molecule has 4 rings (SSSR count). The minimum absolute atomic E-state index is 0.645. The predicted octanol–water partition coefficient (Wildman–Crippen LogP) is 3.95. The summed E-state index contributed by atoms with van der Waals surface area (Å²) in [6.07, 6.45) is 6.77. The number of aromatic nitrogens is 2. The Labute approximate surface area is 125 Å². The molecule has 2 aliphatic carbocycles. The molecule has 0 radical (unpaired) electrons. The van der Waals surface area contributed by atoms with E-state index in [0.717, 1.165) is 47.9 Å². The first-order valence-corrected chi connectivity index (χ1v) is 9.22. The molecule has 0 saturated heterocycles. The van der Waals surface area contributed by atoms with Crippen LogP contribution in [0, 0.1) is 11.8 Å². The smallest absolute Gasteiger partial charge is 0.134 e. The van der Waals surface area contributed by atoms with Gasteiger partial charge in [0.15, 0.2) is 0 Å². The molecule has 1 N–H and O–H groups in total. The lowest BCUT2D eigenvalue weighted by Gasteiger charge is -2.22. The van der Waals surface area contributed by atoms with E-state index >= 15 is 0 Å². The maximum Gasteiger partial charge on any atom is 0.134 e. The molecule has 20 heavy (non-hydrogen) atoms. The van der Waals surface area contributed by atoms with Crippen molar-refractivity contribution in [2.75, 3.05) is 11.9 Å². The standard InChI is InChI=1S/C16H23N3S/c1-2-5-17-15-13-8-20-9-14(13)18-16(19-15)12-7-10-3-4-11(12)6-10/h10-12H,2-9H2,1H3,(H,17,18,19). The molecule has 108 valence electrons. The van der Waals surface area contributed by atoms with E-state index in [4.69, 9.17) is 9.97 Å². The Kier molecular flexibility index (Phi) is 3.37. The molecule has 1 aromatic heterocycles. The van der Waals surface area contributed by atoms with Crippen molar-refractivity contribution in [3.63, 3.8) is 0 Å². The number of fused-ring (bicyclic) bond motifs is 3. The van der Waals surface area contributed by atoms with Gasteiger partial charge in [-0.15, -0.1) is 0 Å². The van der Waals surface area contributed by atoms with Gasteiger partial charge in [-0.2, -0.15) is 11.8 Å². The summed E-state index contributed by atoms with van der Waals surface area (Å²) in [6.45, 7) is 3.23. The van der Waals surface area contributed by atoms with Gasteiger partial charge in [0.1, 0.15) is 11.6 Å². The lowest BCUT2D eigenvalue weighted by Crippen LogP contribution is -2.16. The average molecular weight is 289 g/mol. The molecule has 3 aliphatic rings. The normalized spacial score (nSPS) is 30.8. The van der Waals surface area contributed by atoms with Gasteiger partial charge in [0.05, 0.1) is 5.69 Å². The van der Waals surface area contributed by atoms with Crippen LogP contribution in [0.3, 0.4) is 0 Å². The third-order valence-corrected chi connectivity index (χ3v) is 6.18. The first-order chi connectivity index (χ1) is 9.85. The van der Waals surface area contributed by atoms with E-state index in [9.17, 15) is 0 Å². The molecule has 2 bridgehead atoms. The third-order valence-electron chi connectivity index (χ3n) is 5.21. The fourth-order valence-electron chi connectivity index (χ4n) is 4.19. The van der Waals surface area contributed by atoms with Crippen LogP contribution in [-0.2, 0) is 11.5 Å². The van der Waals surface area contributed by atoms with Crippen molar-refractivity contribution in [3.05, 3.63) is 17.1 Å². The number of nitrogens with zero attached hydrogens (tertiary/aromatic N) is 2. The van der Waals surface area contributed by atoms with Crippen LogP contribution in [0.4, 0.5) is 5.82 Å². The lowest BCUT2D eigenvalue weighted by molar-refractivity contribution is 0.405. The van der Waals surface area contributed by atoms with Gasteiger partial charge in [0.2, 0.25) is 0 Å². The minimum atomic E-state index is 0.645. The van der Waals surface area contributed by atoms with E-state index < -0.39 is 0 Å². The number of thioether (sulfide) groups is 1. The molecular formula is C16H23N3S. The monoisotopic (exact) mass is 289 g/mol. The van der Waals surface area contributed by atoms with Gasteiger partial charge in [-0.3, -0.25) is 0 Å². The van der Waals surface area contributed by atoms with E-state index in [1.807, 2.05) is 11.8 Å². The van der Waals surface area contributed by atoms with Crippen molar-refractivity contribution >= 4 is 17.6 Å². The number of hydrogen-bond donors (Lipinski definition) is 1. The van der Waals surface area contributed by atoms with Gasteiger partial charge in [-0.25, -0.2) is 9.97 Å². The quantitative estimate of drug-likeness (QED) is 0.911. The van der Waals surface area contributed by atoms with Crippen LogP contribution in [-0.4, -0.2) is 16.5 Å². The molecule has 3 nitrogen and oxygen atoms in total. The first-order valence-electron chi connectivity index (χ1n) is 8.06. The molecule has 2 heterocycles. The van der Waals surface area contributed by atoms with Gasteiger partial charge >= 0.3 is 0 Å². The molecule has 2 fully saturated rings. The average Bonchev–Trinajstić information content (AvgIpc) is 3.19.